The van der Waals surface area contributed by atoms with E-state index in [1.165, 1.54) is 0 Å². The fourth-order valence-electron chi connectivity index (χ4n) is 2.28. The number of nitrogens with one attached hydrogen (secondary N) is 3. The smallest absolute Gasteiger partial charge is 0.322 e. The molecular weight excluding hydrogens is 342 g/mol. The Labute approximate surface area is 153 Å². The predicted molar refractivity (Wildman–Crippen MR) is 95.9 cm³/mol. The van der Waals surface area contributed by atoms with E-state index in [4.69, 9.17) is 16.6 Å². The Morgan fingerprint density at radius 2 is 1.62 bits per heavy atom. The maximum Gasteiger partial charge on any atom is 0.322 e. The number of hydrogen-bond acceptors (Lipinski definition) is 6. The first kappa shape index (κ1) is 23.8. The average Bonchev–Trinajstić information content (AvgIpc) is 2.57. The molecule has 8 N–H and O–H groups in total. The Bertz CT molecular complexity index is 484. The van der Waals surface area contributed by atoms with E-state index in [1.807, 2.05) is 13.8 Å². The second kappa shape index (κ2) is 13.1. The second-order valence-corrected chi connectivity index (χ2v) is 6.41. The minimum absolute atomic E-state index is 0.0881. The fraction of sp³-hybridized carbons (Fsp3) is 0.750. The largest absolute Gasteiger partial charge is 0.480 e. The number of rotatable bonds is 13. The van der Waals surface area contributed by atoms with Crippen LogP contribution in [0.3, 0.4) is 0 Å². The first-order chi connectivity index (χ1) is 12.2. The zero-order chi connectivity index (χ0) is 20.1. The van der Waals surface area contributed by atoms with E-state index in [-0.39, 0.29) is 12.5 Å². The second-order valence-electron chi connectivity index (χ2n) is 6.41. The van der Waals surface area contributed by atoms with Crippen molar-refractivity contribution < 1.29 is 24.3 Å². The van der Waals surface area contributed by atoms with Crippen molar-refractivity contribution in [3.05, 3.63) is 0 Å². The number of carbonyl (C=O) groups is 4. The first-order valence-electron chi connectivity index (χ1n) is 8.70. The molecule has 10 nitrogen and oxygen atoms in total. The average molecular weight is 373 g/mol. The lowest BCUT2D eigenvalue weighted by molar-refractivity contribution is -0.138. The predicted octanol–water partition coefficient (Wildman–Crippen LogP) is -1.71. The third-order valence-electron chi connectivity index (χ3n) is 3.54. The summed E-state index contributed by atoms with van der Waals surface area (Å²) in [6.45, 7) is 3.42. The van der Waals surface area contributed by atoms with Gasteiger partial charge in [-0.3, -0.25) is 19.2 Å². The molecule has 0 aromatic heterocycles. The van der Waals surface area contributed by atoms with Gasteiger partial charge in [-0.2, -0.15) is 0 Å². The highest BCUT2D eigenvalue weighted by Gasteiger charge is 2.27. The van der Waals surface area contributed by atoms with E-state index in [0.29, 0.717) is 32.2 Å². The summed E-state index contributed by atoms with van der Waals surface area (Å²) in [6, 6.07) is -1.73. The summed E-state index contributed by atoms with van der Waals surface area (Å²) in [5, 5.41) is 16.1. The summed E-state index contributed by atoms with van der Waals surface area (Å²) in [5.41, 5.74) is 10.7. The number of carboxylic acids is 1. The molecule has 10 heteroatoms. The molecule has 0 aromatic rings. The topological polar surface area (TPSA) is 177 Å². The molecule has 0 rings (SSSR count). The van der Waals surface area contributed by atoms with Crippen molar-refractivity contribution in [3.8, 4) is 0 Å². The minimum Gasteiger partial charge on any atom is -0.480 e. The zero-order valence-electron chi connectivity index (χ0n) is 15.4. The lowest BCUT2D eigenvalue weighted by Gasteiger charge is -2.24. The molecule has 0 saturated heterocycles. The summed E-state index contributed by atoms with van der Waals surface area (Å²) in [6.07, 6.45) is 2.01. The van der Waals surface area contributed by atoms with Crippen LogP contribution in [0.4, 0.5) is 0 Å². The van der Waals surface area contributed by atoms with E-state index >= 15 is 0 Å². The van der Waals surface area contributed by atoms with Crippen LogP contribution in [0.2, 0.25) is 0 Å². The van der Waals surface area contributed by atoms with Gasteiger partial charge in [0.05, 0.1) is 6.54 Å². The molecule has 0 aromatic carbocycles. The quantitative estimate of drug-likeness (QED) is 0.208. The maximum absolute atomic E-state index is 12.5. The molecular formula is C16H31N5O5. The van der Waals surface area contributed by atoms with Gasteiger partial charge < -0.3 is 32.5 Å². The third-order valence-corrected chi connectivity index (χ3v) is 3.54. The lowest BCUT2D eigenvalue weighted by Crippen LogP contribution is -2.55. The van der Waals surface area contributed by atoms with Crippen molar-refractivity contribution in [1.82, 2.24) is 16.0 Å². The van der Waals surface area contributed by atoms with Gasteiger partial charge in [-0.1, -0.05) is 13.8 Å². The van der Waals surface area contributed by atoms with Crippen molar-refractivity contribution in [1.29, 1.82) is 0 Å². The Morgan fingerprint density at radius 3 is 2.12 bits per heavy atom. The van der Waals surface area contributed by atoms with Gasteiger partial charge in [0.2, 0.25) is 17.7 Å². The molecule has 0 radical (unpaired) electrons. The van der Waals surface area contributed by atoms with Crippen molar-refractivity contribution in [2.45, 2.75) is 51.6 Å². The van der Waals surface area contributed by atoms with Crippen LogP contribution in [0.1, 0.15) is 39.5 Å². The van der Waals surface area contributed by atoms with Gasteiger partial charge in [-0.25, -0.2) is 0 Å². The van der Waals surface area contributed by atoms with E-state index in [2.05, 4.69) is 16.0 Å². The number of aliphatic carboxylic acids is 1. The Hall–Kier alpha value is -2.20. The van der Waals surface area contributed by atoms with Crippen molar-refractivity contribution in [3.63, 3.8) is 0 Å². The van der Waals surface area contributed by atoms with Crippen molar-refractivity contribution in [2.24, 2.45) is 17.4 Å². The lowest BCUT2D eigenvalue weighted by atomic mass is 10.0. The molecule has 0 heterocycles. The number of amides is 3. The SMILES string of the molecule is CC(C)CC(NC(=O)C(CCCCN)NC(=O)CN)C(=O)NCC(=O)O. The summed E-state index contributed by atoms with van der Waals surface area (Å²) in [5.74, 6) is -2.66. The van der Waals surface area contributed by atoms with Crippen LogP contribution in [0.5, 0.6) is 0 Å². The van der Waals surface area contributed by atoms with Crippen LogP contribution >= 0.6 is 0 Å². The minimum atomic E-state index is -1.18. The number of hydrogen-bond donors (Lipinski definition) is 6. The van der Waals surface area contributed by atoms with Crippen LogP contribution in [0.15, 0.2) is 0 Å². The highest BCUT2D eigenvalue weighted by molar-refractivity contribution is 5.93. The standard InChI is InChI=1S/C16H31N5O5/c1-10(2)7-12(15(25)19-9-14(23)24)21-16(26)11(5-3-4-6-17)20-13(22)8-18/h10-12H,3-9,17-18H2,1-2H3,(H,19,25)(H,20,22)(H,21,26)(H,23,24). The third kappa shape index (κ3) is 10.6. The molecule has 0 saturated carbocycles. The van der Waals surface area contributed by atoms with Crippen LogP contribution in [0, 0.1) is 5.92 Å². The zero-order valence-corrected chi connectivity index (χ0v) is 15.4. The maximum atomic E-state index is 12.5. The normalized spacial score (nSPS) is 13.0. The Balaban J connectivity index is 5.01. The van der Waals surface area contributed by atoms with Crippen LogP contribution < -0.4 is 27.4 Å². The molecule has 150 valence electrons. The van der Waals surface area contributed by atoms with Gasteiger partial charge in [-0.05, 0) is 38.1 Å². The number of carbonyl (C=O) groups excluding carboxylic acids is 3. The van der Waals surface area contributed by atoms with E-state index in [0.717, 1.165) is 0 Å². The molecule has 26 heavy (non-hydrogen) atoms. The monoisotopic (exact) mass is 373 g/mol. The number of carboxylic acid groups (broad SMARTS) is 1. The van der Waals surface area contributed by atoms with E-state index < -0.39 is 42.3 Å². The molecule has 2 unspecified atom stereocenters. The fourth-order valence-corrected chi connectivity index (χ4v) is 2.28. The van der Waals surface area contributed by atoms with Gasteiger partial charge >= 0.3 is 5.97 Å². The van der Waals surface area contributed by atoms with E-state index in [9.17, 15) is 19.2 Å². The molecule has 0 spiro atoms. The van der Waals surface area contributed by atoms with Gasteiger partial charge in [0, 0.05) is 0 Å². The van der Waals surface area contributed by atoms with Crippen LogP contribution in [-0.4, -0.2) is 60.5 Å². The van der Waals surface area contributed by atoms with Crippen molar-refractivity contribution in [2.75, 3.05) is 19.6 Å². The molecule has 0 aliphatic heterocycles. The van der Waals surface area contributed by atoms with E-state index in [1.54, 1.807) is 0 Å². The molecule has 3 amide bonds. The molecule has 0 bridgehead atoms. The summed E-state index contributed by atoms with van der Waals surface area (Å²) < 4.78 is 0. The van der Waals surface area contributed by atoms with Crippen LogP contribution in [-0.2, 0) is 19.2 Å². The van der Waals surface area contributed by atoms with Gasteiger partial charge in [0.15, 0.2) is 0 Å². The Morgan fingerprint density at radius 1 is 0.962 bits per heavy atom. The summed E-state index contributed by atoms with van der Waals surface area (Å²) in [4.78, 5) is 46.9. The first-order valence-corrected chi connectivity index (χ1v) is 8.70. The highest BCUT2D eigenvalue weighted by Crippen LogP contribution is 2.07. The highest BCUT2D eigenvalue weighted by atomic mass is 16.4. The van der Waals surface area contributed by atoms with Crippen LogP contribution in [0.25, 0.3) is 0 Å². The number of nitrogens with two attached hydrogens (primary N) is 2. The molecule has 0 aliphatic carbocycles. The summed E-state index contributed by atoms with van der Waals surface area (Å²) >= 11 is 0. The van der Waals surface area contributed by atoms with Crippen molar-refractivity contribution >= 4 is 23.7 Å². The van der Waals surface area contributed by atoms with Gasteiger partial charge in [-0.15, -0.1) is 0 Å². The molecule has 0 fully saturated rings. The van der Waals surface area contributed by atoms with Gasteiger partial charge in [0.1, 0.15) is 18.6 Å². The summed E-state index contributed by atoms with van der Waals surface area (Å²) in [7, 11) is 0. The number of unbranched alkanes of at least 4 members (excludes halogenated alkanes) is 1. The molecule has 2 atom stereocenters. The van der Waals surface area contributed by atoms with Gasteiger partial charge in [0.25, 0.3) is 0 Å². The molecule has 0 aliphatic rings. The Kier molecular flexibility index (Phi) is 12.0.